The van der Waals surface area contributed by atoms with Crippen molar-refractivity contribution >= 4 is 64.0 Å². The van der Waals surface area contributed by atoms with Crippen molar-refractivity contribution in [2.45, 2.75) is 110 Å². The van der Waals surface area contributed by atoms with Crippen molar-refractivity contribution in [2.24, 2.45) is 0 Å². The molecule has 2 fully saturated rings. The molecule has 0 aromatic carbocycles. The Hall–Kier alpha value is 1.95. The van der Waals surface area contributed by atoms with Crippen LogP contribution in [0.3, 0.4) is 0 Å². The van der Waals surface area contributed by atoms with Crippen LogP contribution in [0.2, 0.25) is 110 Å². The third kappa shape index (κ3) is 2.04. The minimum atomic E-state index is -1.15. The van der Waals surface area contributed by atoms with Crippen LogP contribution in [0.1, 0.15) is 0 Å². The number of rotatable bonds is 2. The van der Waals surface area contributed by atoms with E-state index in [1.54, 1.807) is 0 Å². The number of hydrogen-bond acceptors (Lipinski definition) is 0. The van der Waals surface area contributed by atoms with Gasteiger partial charge in [0.2, 0.25) is 0 Å². The molecule has 0 spiro atoms. The molecule has 2 heterocycles. The topological polar surface area (TPSA) is 0 Å². The average molecular weight is 507 g/mol. The van der Waals surface area contributed by atoms with E-state index in [9.17, 15) is 0 Å². The maximum atomic E-state index is 3.13. The highest BCUT2D eigenvalue weighted by molar-refractivity contribution is 8.40. The second-order valence-electron chi connectivity index (χ2n) is 14.8. The van der Waals surface area contributed by atoms with Crippen LogP contribution in [0.25, 0.3) is 0 Å². The first kappa shape index (κ1) is 24.2. The molecule has 2 rings (SSSR count). The molecular weight excluding hydrogens is 457 g/mol. The zero-order valence-electron chi connectivity index (χ0n) is 21.2. The second-order valence-corrected chi connectivity index (χ2v) is 126. The molecule has 0 saturated carbocycles. The molecule has 2 atom stereocenters. The molecular formula is C17H50Si9. The van der Waals surface area contributed by atoms with E-state index >= 15 is 0 Å². The van der Waals surface area contributed by atoms with E-state index < -0.39 is 64.0 Å². The van der Waals surface area contributed by atoms with E-state index in [2.05, 4.69) is 105 Å². The average Bonchev–Trinajstić information content (AvgIpc) is 2.24. The Kier molecular flexibility index (Phi) is 5.21. The third-order valence-corrected chi connectivity index (χ3v) is 296. The Morgan fingerprint density at radius 3 is 0.846 bits per heavy atom. The van der Waals surface area contributed by atoms with Crippen LogP contribution in [0, 0.1) is 0 Å². The summed E-state index contributed by atoms with van der Waals surface area (Å²) in [6.07, 6.45) is -2.25. The maximum absolute atomic E-state index is 3.13. The fraction of sp³-hybridized carbons (Fsp3) is 1.00. The summed E-state index contributed by atoms with van der Waals surface area (Å²) in [7, 11) is -7.85. The van der Waals surface area contributed by atoms with Gasteiger partial charge in [-0.05, 0) is 0 Å². The lowest BCUT2D eigenvalue weighted by Gasteiger charge is -2.72. The van der Waals surface area contributed by atoms with Crippen LogP contribution >= 0.6 is 0 Å². The first-order valence-corrected chi connectivity index (χ1v) is 46.4. The summed E-state index contributed by atoms with van der Waals surface area (Å²) in [6, 6.07) is 0. The lowest BCUT2D eigenvalue weighted by atomic mass is 11.8. The molecule has 26 heavy (non-hydrogen) atoms. The summed E-state index contributed by atoms with van der Waals surface area (Å²) < 4.78 is 0. The second kappa shape index (κ2) is 5.60. The summed E-state index contributed by atoms with van der Waals surface area (Å²) in [5.74, 6) is 0. The van der Waals surface area contributed by atoms with Gasteiger partial charge in [0.1, 0.15) is 0 Å². The number of hydrogen-bond donors (Lipinski definition) is 0. The standard InChI is InChI=1S/C17H50Si9/c1-18(2,3)25-20(7,8)17-21(9,10)26(19(4,5)6,24(25,15)16)23(13,14)22(25,11)12/h17H2,1-16H3/t25-,26+. The highest BCUT2D eigenvalue weighted by atomic mass is 30.6. The summed E-state index contributed by atoms with van der Waals surface area (Å²) >= 11 is 0. The molecule has 0 N–H and O–H groups in total. The van der Waals surface area contributed by atoms with E-state index in [1.165, 1.54) is 0 Å². The van der Waals surface area contributed by atoms with Crippen molar-refractivity contribution in [2.75, 3.05) is 0 Å². The smallest absolute Gasteiger partial charge is 0.0311 e. The quantitative estimate of drug-likeness (QED) is 0.381. The van der Waals surface area contributed by atoms with Crippen LogP contribution in [-0.4, -0.2) is 64.0 Å². The lowest BCUT2D eigenvalue weighted by Crippen LogP contribution is -3.01. The van der Waals surface area contributed by atoms with E-state index in [0.717, 1.165) is 0 Å². The van der Waals surface area contributed by atoms with Crippen LogP contribution in [0.15, 0.2) is 0 Å². The van der Waals surface area contributed by atoms with Gasteiger partial charge in [-0.2, -0.15) is 0 Å². The first-order chi connectivity index (χ1) is 11.0. The van der Waals surface area contributed by atoms with Gasteiger partial charge in [-0.3, -0.25) is 0 Å². The molecule has 0 radical (unpaired) electrons. The van der Waals surface area contributed by atoms with E-state index in [0.29, 0.717) is 0 Å². The monoisotopic (exact) mass is 506 g/mol. The molecule has 9 heteroatoms. The summed E-state index contributed by atoms with van der Waals surface area (Å²) in [5.41, 5.74) is 1.87. The zero-order chi connectivity index (χ0) is 21.2. The molecule has 0 unspecified atom stereocenters. The van der Waals surface area contributed by atoms with E-state index in [4.69, 9.17) is 0 Å². The largest absolute Gasteiger partial charge is 0.0742 e. The molecule has 0 aliphatic carbocycles. The van der Waals surface area contributed by atoms with Crippen molar-refractivity contribution in [3.05, 3.63) is 0 Å². The Morgan fingerprint density at radius 1 is 0.423 bits per heavy atom. The van der Waals surface area contributed by atoms with Gasteiger partial charge < -0.3 is 0 Å². The predicted octanol–water partition coefficient (Wildman–Crippen LogP) is 6.37. The molecule has 0 nitrogen and oxygen atoms in total. The SMILES string of the molecule is C[Si](C)(C)[Si@]12[Si](C)(C)C[Si](C)(C)[Si@]([Si](C)(C)C)([Si](C)(C)[Si]1(C)C)[Si]2(C)C. The van der Waals surface area contributed by atoms with Gasteiger partial charge >= 0.3 is 0 Å². The third-order valence-electron chi connectivity index (χ3n) is 10.5. The molecule has 0 aromatic rings. The Labute approximate surface area is 173 Å². The van der Waals surface area contributed by atoms with Crippen LogP contribution < -0.4 is 0 Å². The Balaban J connectivity index is 3.25. The minimum Gasteiger partial charge on any atom is -0.0742 e. The summed E-state index contributed by atoms with van der Waals surface area (Å²) in [4.78, 5) is 0. The van der Waals surface area contributed by atoms with Crippen LogP contribution in [-0.2, 0) is 0 Å². The molecule has 154 valence electrons. The molecule has 2 aliphatic heterocycles. The fourth-order valence-electron chi connectivity index (χ4n) is 13.3. The fourth-order valence-corrected chi connectivity index (χ4v) is 623. The van der Waals surface area contributed by atoms with Crippen molar-refractivity contribution in [1.29, 1.82) is 0 Å². The predicted molar refractivity (Wildman–Crippen MR) is 150 cm³/mol. The molecule has 0 amide bonds. The molecule has 0 aromatic heterocycles. The molecule has 2 bridgehead atoms. The maximum Gasteiger partial charge on any atom is 0.0311 e. The van der Waals surface area contributed by atoms with E-state index in [-0.39, 0.29) is 0 Å². The Bertz CT molecular complexity index is 569. The van der Waals surface area contributed by atoms with Gasteiger partial charge in [-0.15, -0.1) is 0 Å². The van der Waals surface area contributed by atoms with Crippen molar-refractivity contribution in [3.8, 4) is 0 Å². The minimum absolute atomic E-state index is 1.11. The van der Waals surface area contributed by atoms with Crippen LogP contribution in [0.5, 0.6) is 0 Å². The summed E-state index contributed by atoms with van der Waals surface area (Å²) in [5, 5.41) is 0. The van der Waals surface area contributed by atoms with Crippen LogP contribution in [0.4, 0.5) is 0 Å². The van der Waals surface area contributed by atoms with Gasteiger partial charge in [0.25, 0.3) is 0 Å². The Morgan fingerprint density at radius 2 is 0.654 bits per heavy atom. The van der Waals surface area contributed by atoms with E-state index in [1.807, 2.05) is 5.67 Å². The first-order valence-electron chi connectivity index (χ1n) is 11.0. The van der Waals surface area contributed by atoms with Crippen molar-refractivity contribution in [3.63, 3.8) is 0 Å². The normalized spacial score (nSPS) is 39.7. The highest BCUT2D eigenvalue weighted by Crippen LogP contribution is 2.66. The summed E-state index contributed by atoms with van der Waals surface area (Å²) in [6.45, 7) is 48.0. The van der Waals surface area contributed by atoms with Gasteiger partial charge in [0.05, 0.1) is 0 Å². The highest BCUT2D eigenvalue weighted by Gasteiger charge is 2.93. The zero-order valence-corrected chi connectivity index (χ0v) is 30.2. The lowest BCUT2D eigenvalue weighted by molar-refractivity contribution is 1.62. The molecule has 2 saturated heterocycles. The van der Waals surface area contributed by atoms with Gasteiger partial charge in [-0.1, -0.05) is 110 Å². The van der Waals surface area contributed by atoms with Gasteiger partial charge in [0.15, 0.2) is 0 Å². The van der Waals surface area contributed by atoms with Crippen molar-refractivity contribution in [1.82, 2.24) is 0 Å². The van der Waals surface area contributed by atoms with Gasteiger partial charge in [0, 0.05) is 64.0 Å². The van der Waals surface area contributed by atoms with Crippen molar-refractivity contribution < 1.29 is 0 Å². The number of fused-ring (bicyclic) bond motifs is 2. The molecule has 2 aliphatic rings. The van der Waals surface area contributed by atoms with Gasteiger partial charge in [-0.25, -0.2) is 0 Å².